The smallest absolute Gasteiger partial charge is 0.255 e. The lowest BCUT2D eigenvalue weighted by molar-refractivity contribution is -0.119. The SMILES string of the molecule is CCOc1cc(CNCc2ccc(C)cc2)cc(Br)c1OCC(N)=O. The number of amides is 1. The molecule has 3 N–H and O–H groups in total. The highest BCUT2D eigenvalue weighted by Gasteiger charge is 2.13. The Bertz CT molecular complexity index is 717. The van der Waals surface area contributed by atoms with Crippen molar-refractivity contribution in [3.8, 4) is 11.5 Å². The Morgan fingerprint density at radius 2 is 1.80 bits per heavy atom. The number of carbonyl (C=O) groups is 1. The zero-order chi connectivity index (χ0) is 18.2. The molecule has 5 nitrogen and oxygen atoms in total. The van der Waals surface area contributed by atoms with Crippen molar-refractivity contribution in [2.75, 3.05) is 13.2 Å². The largest absolute Gasteiger partial charge is 0.490 e. The summed E-state index contributed by atoms with van der Waals surface area (Å²) >= 11 is 3.48. The van der Waals surface area contributed by atoms with Crippen molar-refractivity contribution in [3.05, 3.63) is 57.6 Å². The number of halogens is 1. The average molecular weight is 407 g/mol. The van der Waals surface area contributed by atoms with E-state index in [1.54, 1.807) is 0 Å². The molecule has 0 unspecified atom stereocenters. The van der Waals surface area contributed by atoms with Gasteiger partial charge in [0.25, 0.3) is 5.91 Å². The average Bonchev–Trinajstić information content (AvgIpc) is 2.56. The predicted octanol–water partition coefficient (Wildman–Crippen LogP) is 3.31. The van der Waals surface area contributed by atoms with Crippen molar-refractivity contribution in [3.63, 3.8) is 0 Å². The molecule has 0 saturated carbocycles. The number of nitrogens with one attached hydrogen (secondary N) is 1. The van der Waals surface area contributed by atoms with E-state index in [4.69, 9.17) is 15.2 Å². The second-order valence-corrected chi connectivity index (χ2v) is 6.54. The topological polar surface area (TPSA) is 73.6 Å². The maximum atomic E-state index is 10.9. The van der Waals surface area contributed by atoms with E-state index >= 15 is 0 Å². The minimum atomic E-state index is -0.529. The Hall–Kier alpha value is -2.05. The van der Waals surface area contributed by atoms with Gasteiger partial charge in [-0.05, 0) is 53.0 Å². The third-order valence-corrected chi connectivity index (χ3v) is 4.10. The fraction of sp³-hybridized carbons (Fsp3) is 0.316. The van der Waals surface area contributed by atoms with Gasteiger partial charge in [0.15, 0.2) is 18.1 Å². The van der Waals surface area contributed by atoms with Gasteiger partial charge in [-0.15, -0.1) is 0 Å². The first-order valence-corrected chi connectivity index (χ1v) is 8.91. The van der Waals surface area contributed by atoms with Crippen LogP contribution in [0.4, 0.5) is 0 Å². The number of aryl methyl sites for hydroxylation is 1. The molecule has 0 aromatic heterocycles. The number of nitrogens with two attached hydrogens (primary N) is 1. The molecule has 2 aromatic rings. The Labute approximate surface area is 156 Å². The minimum absolute atomic E-state index is 0.191. The Balaban J connectivity index is 2.04. The second kappa shape index (κ2) is 9.44. The molecule has 0 heterocycles. The maximum absolute atomic E-state index is 10.9. The molecule has 0 aliphatic rings. The number of hydrogen-bond acceptors (Lipinski definition) is 4. The molecule has 0 bridgehead atoms. The van der Waals surface area contributed by atoms with Gasteiger partial charge in [-0.3, -0.25) is 4.79 Å². The van der Waals surface area contributed by atoms with Gasteiger partial charge in [0.2, 0.25) is 0 Å². The van der Waals surface area contributed by atoms with Gasteiger partial charge in [0.05, 0.1) is 11.1 Å². The van der Waals surface area contributed by atoms with E-state index in [2.05, 4.69) is 52.4 Å². The number of primary amides is 1. The molecule has 134 valence electrons. The van der Waals surface area contributed by atoms with Crippen LogP contribution in [0.25, 0.3) is 0 Å². The highest BCUT2D eigenvalue weighted by molar-refractivity contribution is 9.10. The van der Waals surface area contributed by atoms with Crippen LogP contribution in [0.15, 0.2) is 40.9 Å². The summed E-state index contributed by atoms with van der Waals surface area (Å²) in [4.78, 5) is 10.9. The molecule has 0 fully saturated rings. The van der Waals surface area contributed by atoms with E-state index < -0.39 is 5.91 Å². The first kappa shape index (κ1) is 19.3. The van der Waals surface area contributed by atoms with Crippen LogP contribution >= 0.6 is 15.9 Å². The fourth-order valence-electron chi connectivity index (χ4n) is 2.33. The molecule has 25 heavy (non-hydrogen) atoms. The van der Waals surface area contributed by atoms with Gasteiger partial charge in [-0.25, -0.2) is 0 Å². The van der Waals surface area contributed by atoms with Crippen molar-refractivity contribution < 1.29 is 14.3 Å². The number of rotatable bonds is 9. The van der Waals surface area contributed by atoms with Crippen molar-refractivity contribution in [2.45, 2.75) is 26.9 Å². The number of hydrogen-bond donors (Lipinski definition) is 2. The van der Waals surface area contributed by atoms with Crippen LogP contribution in [0, 0.1) is 6.92 Å². The lowest BCUT2D eigenvalue weighted by Crippen LogP contribution is -2.20. The van der Waals surface area contributed by atoms with Crippen molar-refractivity contribution in [1.82, 2.24) is 5.32 Å². The van der Waals surface area contributed by atoms with Crippen molar-refractivity contribution in [2.24, 2.45) is 5.73 Å². The minimum Gasteiger partial charge on any atom is -0.490 e. The zero-order valence-corrected chi connectivity index (χ0v) is 16.1. The van der Waals surface area contributed by atoms with Crippen LogP contribution in [0.5, 0.6) is 11.5 Å². The summed E-state index contributed by atoms with van der Waals surface area (Å²) in [7, 11) is 0. The summed E-state index contributed by atoms with van der Waals surface area (Å²) < 4.78 is 11.8. The van der Waals surface area contributed by atoms with Gasteiger partial charge in [0, 0.05) is 13.1 Å². The van der Waals surface area contributed by atoms with E-state index in [0.29, 0.717) is 24.7 Å². The highest BCUT2D eigenvalue weighted by Crippen LogP contribution is 2.37. The monoisotopic (exact) mass is 406 g/mol. The third-order valence-electron chi connectivity index (χ3n) is 3.51. The lowest BCUT2D eigenvalue weighted by atomic mass is 10.1. The number of ether oxygens (including phenoxy) is 2. The molecule has 0 aliphatic carbocycles. The molecule has 0 atom stereocenters. The normalized spacial score (nSPS) is 10.5. The van der Waals surface area contributed by atoms with Crippen LogP contribution in [-0.4, -0.2) is 19.1 Å². The van der Waals surface area contributed by atoms with Crippen LogP contribution in [0.2, 0.25) is 0 Å². The van der Waals surface area contributed by atoms with Gasteiger partial charge in [-0.1, -0.05) is 29.8 Å². The summed E-state index contributed by atoms with van der Waals surface area (Å²) in [5.74, 6) is 0.548. The van der Waals surface area contributed by atoms with Crippen LogP contribution in [0.1, 0.15) is 23.6 Å². The quantitative estimate of drug-likeness (QED) is 0.669. The summed E-state index contributed by atoms with van der Waals surface area (Å²) in [5, 5.41) is 3.41. The van der Waals surface area contributed by atoms with Gasteiger partial charge in [-0.2, -0.15) is 0 Å². The van der Waals surface area contributed by atoms with E-state index in [1.807, 2.05) is 19.1 Å². The zero-order valence-electron chi connectivity index (χ0n) is 14.5. The Morgan fingerprint density at radius 3 is 2.44 bits per heavy atom. The number of benzene rings is 2. The van der Waals surface area contributed by atoms with E-state index in [-0.39, 0.29) is 6.61 Å². The highest BCUT2D eigenvalue weighted by atomic mass is 79.9. The fourth-order valence-corrected chi connectivity index (χ4v) is 2.93. The summed E-state index contributed by atoms with van der Waals surface area (Å²) in [6.45, 7) is 5.74. The molecule has 1 amide bonds. The van der Waals surface area contributed by atoms with E-state index in [9.17, 15) is 4.79 Å². The number of carbonyl (C=O) groups excluding carboxylic acids is 1. The second-order valence-electron chi connectivity index (χ2n) is 5.68. The standard InChI is InChI=1S/C19H23BrN2O3/c1-3-24-17-9-15(8-16(20)19(17)25-12-18(21)23)11-22-10-14-6-4-13(2)5-7-14/h4-9,22H,3,10-12H2,1-2H3,(H2,21,23). The third kappa shape index (κ3) is 6.07. The molecule has 2 rings (SSSR count). The van der Waals surface area contributed by atoms with Crippen molar-refractivity contribution in [1.29, 1.82) is 0 Å². The molecule has 0 saturated heterocycles. The first-order valence-electron chi connectivity index (χ1n) is 8.12. The predicted molar refractivity (Wildman–Crippen MR) is 102 cm³/mol. The molecule has 0 radical (unpaired) electrons. The molecule has 0 aliphatic heterocycles. The van der Waals surface area contributed by atoms with Gasteiger partial charge >= 0.3 is 0 Å². The Kier molecular flexibility index (Phi) is 7.28. The maximum Gasteiger partial charge on any atom is 0.255 e. The molecule has 0 spiro atoms. The van der Waals surface area contributed by atoms with Crippen LogP contribution in [-0.2, 0) is 17.9 Å². The summed E-state index contributed by atoms with van der Waals surface area (Å²) in [5.41, 5.74) is 8.68. The van der Waals surface area contributed by atoms with Gasteiger partial charge < -0.3 is 20.5 Å². The van der Waals surface area contributed by atoms with E-state index in [1.165, 1.54) is 11.1 Å². The van der Waals surface area contributed by atoms with Gasteiger partial charge in [0.1, 0.15) is 0 Å². The Morgan fingerprint density at radius 1 is 1.12 bits per heavy atom. The molecule has 6 heteroatoms. The van der Waals surface area contributed by atoms with E-state index in [0.717, 1.165) is 16.6 Å². The lowest BCUT2D eigenvalue weighted by Gasteiger charge is -2.15. The van der Waals surface area contributed by atoms with Crippen LogP contribution < -0.4 is 20.5 Å². The first-order chi connectivity index (χ1) is 12.0. The molecular weight excluding hydrogens is 384 g/mol. The molecular formula is C19H23BrN2O3. The summed E-state index contributed by atoms with van der Waals surface area (Å²) in [6.07, 6.45) is 0. The molecule has 2 aromatic carbocycles. The van der Waals surface area contributed by atoms with Crippen LogP contribution in [0.3, 0.4) is 0 Å². The van der Waals surface area contributed by atoms with Crippen molar-refractivity contribution >= 4 is 21.8 Å². The summed E-state index contributed by atoms with van der Waals surface area (Å²) in [6, 6.07) is 12.3.